The van der Waals surface area contributed by atoms with Gasteiger partial charge in [0, 0.05) is 10.9 Å². The Hall–Kier alpha value is -0.840. The van der Waals surface area contributed by atoms with Gasteiger partial charge in [-0.1, -0.05) is 18.0 Å². The van der Waals surface area contributed by atoms with Crippen LogP contribution in [-0.2, 0) is 0 Å². The summed E-state index contributed by atoms with van der Waals surface area (Å²) >= 11 is 7.48. The highest BCUT2D eigenvalue weighted by molar-refractivity contribution is 7.14. The first-order valence-electron chi connectivity index (χ1n) is 5.85. The molecule has 0 spiro atoms. The monoisotopic (exact) mass is 267 g/mol. The molecular weight excluding hydrogens is 254 g/mol. The van der Waals surface area contributed by atoms with Crippen LogP contribution in [0.15, 0.2) is 17.6 Å². The lowest BCUT2D eigenvalue weighted by Crippen LogP contribution is -2.27. The summed E-state index contributed by atoms with van der Waals surface area (Å²) in [7, 11) is 0. The minimum atomic E-state index is 0.381. The molecule has 3 heterocycles. The van der Waals surface area contributed by atoms with Crippen LogP contribution in [0.2, 0.25) is 4.34 Å². The highest BCUT2D eigenvalue weighted by Crippen LogP contribution is 2.29. The Morgan fingerprint density at radius 3 is 3.06 bits per heavy atom. The van der Waals surface area contributed by atoms with Crippen molar-refractivity contribution in [3.8, 4) is 11.3 Å². The standard InChI is InChI=1S/C12H14ClN3S/c13-11-5-8(7-17-11)10-6-15-12(16-10)9-3-1-2-4-14-9/h5-7,9,14H,1-4H2,(H,15,16). The van der Waals surface area contributed by atoms with E-state index in [1.54, 1.807) is 11.3 Å². The fourth-order valence-corrected chi connectivity index (χ4v) is 3.08. The molecule has 0 bridgehead atoms. The summed E-state index contributed by atoms with van der Waals surface area (Å²) in [6.45, 7) is 1.09. The lowest BCUT2D eigenvalue weighted by atomic mass is 10.0. The van der Waals surface area contributed by atoms with Gasteiger partial charge < -0.3 is 10.3 Å². The molecule has 17 heavy (non-hydrogen) atoms. The van der Waals surface area contributed by atoms with Crippen molar-refractivity contribution < 1.29 is 0 Å². The van der Waals surface area contributed by atoms with Crippen molar-refractivity contribution in [2.45, 2.75) is 25.3 Å². The molecule has 2 aromatic rings. The Morgan fingerprint density at radius 2 is 2.35 bits per heavy atom. The van der Waals surface area contributed by atoms with Crippen LogP contribution in [0.5, 0.6) is 0 Å². The van der Waals surface area contributed by atoms with Crippen molar-refractivity contribution in [3.63, 3.8) is 0 Å². The van der Waals surface area contributed by atoms with Crippen molar-refractivity contribution in [3.05, 3.63) is 27.8 Å². The largest absolute Gasteiger partial charge is 0.341 e. The third-order valence-electron chi connectivity index (χ3n) is 3.11. The topological polar surface area (TPSA) is 40.7 Å². The number of aromatic amines is 1. The van der Waals surface area contributed by atoms with E-state index in [0.717, 1.165) is 34.4 Å². The van der Waals surface area contributed by atoms with Crippen LogP contribution in [0.1, 0.15) is 31.1 Å². The summed E-state index contributed by atoms with van der Waals surface area (Å²) < 4.78 is 0.812. The van der Waals surface area contributed by atoms with Gasteiger partial charge in [-0.2, -0.15) is 0 Å². The van der Waals surface area contributed by atoms with E-state index in [0.29, 0.717) is 6.04 Å². The van der Waals surface area contributed by atoms with Gasteiger partial charge in [0.25, 0.3) is 0 Å². The third kappa shape index (κ3) is 2.39. The third-order valence-corrected chi connectivity index (χ3v) is 4.21. The van der Waals surface area contributed by atoms with Gasteiger partial charge in [0.1, 0.15) is 5.82 Å². The molecule has 1 aliphatic heterocycles. The van der Waals surface area contributed by atoms with Gasteiger partial charge in [-0.3, -0.25) is 0 Å². The van der Waals surface area contributed by atoms with Crippen molar-refractivity contribution in [2.24, 2.45) is 0 Å². The number of nitrogens with zero attached hydrogens (tertiary/aromatic N) is 1. The highest BCUT2D eigenvalue weighted by Gasteiger charge is 2.17. The zero-order chi connectivity index (χ0) is 11.7. The smallest absolute Gasteiger partial charge is 0.123 e. The SMILES string of the molecule is Clc1cc(-c2cnc(C3CCCCN3)[nH]2)cs1. The second-order valence-electron chi connectivity index (χ2n) is 4.32. The number of hydrogen-bond acceptors (Lipinski definition) is 3. The molecule has 5 heteroatoms. The molecule has 0 amide bonds. The molecule has 0 aromatic carbocycles. The molecule has 1 unspecified atom stereocenters. The van der Waals surface area contributed by atoms with Gasteiger partial charge in [-0.15, -0.1) is 11.3 Å². The highest BCUT2D eigenvalue weighted by atomic mass is 35.5. The molecule has 1 aliphatic rings. The van der Waals surface area contributed by atoms with Crippen LogP contribution in [0.4, 0.5) is 0 Å². The lowest BCUT2D eigenvalue weighted by Gasteiger charge is -2.21. The maximum absolute atomic E-state index is 5.94. The molecule has 3 nitrogen and oxygen atoms in total. The van der Waals surface area contributed by atoms with E-state index in [1.807, 2.05) is 17.6 Å². The zero-order valence-corrected chi connectivity index (χ0v) is 10.9. The fourth-order valence-electron chi connectivity index (χ4n) is 2.20. The van der Waals surface area contributed by atoms with Crippen molar-refractivity contribution >= 4 is 22.9 Å². The van der Waals surface area contributed by atoms with E-state index in [4.69, 9.17) is 11.6 Å². The Balaban J connectivity index is 1.82. The van der Waals surface area contributed by atoms with Crippen LogP contribution >= 0.6 is 22.9 Å². The summed E-state index contributed by atoms with van der Waals surface area (Å²) in [5, 5.41) is 5.54. The first kappa shape index (κ1) is 11.3. The average molecular weight is 268 g/mol. The Bertz CT molecular complexity index is 499. The predicted octanol–water partition coefficient (Wildman–Crippen LogP) is 3.61. The number of thiophene rings is 1. The normalized spacial score (nSPS) is 20.6. The quantitative estimate of drug-likeness (QED) is 0.873. The molecule has 0 radical (unpaired) electrons. The van der Waals surface area contributed by atoms with Gasteiger partial charge in [-0.25, -0.2) is 4.98 Å². The molecule has 1 fully saturated rings. The number of rotatable bonds is 2. The van der Waals surface area contributed by atoms with Crippen LogP contribution in [-0.4, -0.2) is 16.5 Å². The molecule has 0 aliphatic carbocycles. The van der Waals surface area contributed by atoms with Gasteiger partial charge in [0.05, 0.1) is 22.3 Å². The van der Waals surface area contributed by atoms with Crippen molar-refractivity contribution in [2.75, 3.05) is 6.54 Å². The summed E-state index contributed by atoms with van der Waals surface area (Å²) in [4.78, 5) is 7.86. The van der Waals surface area contributed by atoms with Crippen LogP contribution in [0.3, 0.4) is 0 Å². The summed E-state index contributed by atoms with van der Waals surface area (Å²) in [5.74, 6) is 1.04. The van der Waals surface area contributed by atoms with Crippen LogP contribution < -0.4 is 5.32 Å². The van der Waals surface area contributed by atoms with Gasteiger partial charge in [-0.05, 0) is 25.5 Å². The van der Waals surface area contributed by atoms with Crippen LogP contribution in [0.25, 0.3) is 11.3 Å². The molecule has 3 rings (SSSR count). The van der Waals surface area contributed by atoms with Gasteiger partial charge in [0.2, 0.25) is 0 Å². The van der Waals surface area contributed by atoms with Crippen molar-refractivity contribution in [1.29, 1.82) is 0 Å². The average Bonchev–Trinajstić information content (AvgIpc) is 2.98. The number of nitrogens with one attached hydrogen (secondary N) is 2. The van der Waals surface area contributed by atoms with Crippen LogP contribution in [0, 0.1) is 0 Å². The molecule has 1 saturated heterocycles. The molecule has 2 aromatic heterocycles. The Kier molecular flexibility index (Phi) is 3.18. The number of hydrogen-bond donors (Lipinski definition) is 2. The van der Waals surface area contributed by atoms with Gasteiger partial charge >= 0.3 is 0 Å². The lowest BCUT2D eigenvalue weighted by molar-refractivity contribution is 0.399. The van der Waals surface area contributed by atoms with E-state index >= 15 is 0 Å². The number of aromatic nitrogens is 2. The minimum absolute atomic E-state index is 0.381. The fraction of sp³-hybridized carbons (Fsp3) is 0.417. The number of imidazole rings is 1. The Labute approximate surface area is 109 Å². The van der Waals surface area contributed by atoms with E-state index in [9.17, 15) is 0 Å². The Morgan fingerprint density at radius 1 is 1.41 bits per heavy atom. The zero-order valence-electron chi connectivity index (χ0n) is 9.37. The predicted molar refractivity (Wildman–Crippen MR) is 71.5 cm³/mol. The molecular formula is C12H14ClN3S. The minimum Gasteiger partial charge on any atom is -0.341 e. The summed E-state index contributed by atoms with van der Waals surface area (Å²) in [5.41, 5.74) is 2.17. The second-order valence-corrected chi connectivity index (χ2v) is 5.87. The van der Waals surface area contributed by atoms with E-state index in [-0.39, 0.29) is 0 Å². The molecule has 2 N–H and O–H groups in total. The first-order chi connectivity index (χ1) is 8.33. The molecule has 1 atom stereocenters. The number of H-pyrrole nitrogens is 1. The van der Waals surface area contributed by atoms with Gasteiger partial charge in [0.15, 0.2) is 0 Å². The molecule has 0 saturated carbocycles. The second kappa shape index (κ2) is 4.80. The number of piperidine rings is 1. The maximum Gasteiger partial charge on any atom is 0.123 e. The maximum atomic E-state index is 5.94. The van der Waals surface area contributed by atoms with E-state index < -0.39 is 0 Å². The first-order valence-corrected chi connectivity index (χ1v) is 7.11. The van der Waals surface area contributed by atoms with E-state index in [1.165, 1.54) is 12.8 Å². The number of halogens is 1. The summed E-state index contributed by atoms with van der Waals surface area (Å²) in [6.07, 6.45) is 5.60. The molecule has 90 valence electrons. The van der Waals surface area contributed by atoms with E-state index in [2.05, 4.69) is 15.3 Å². The van der Waals surface area contributed by atoms with Crippen molar-refractivity contribution in [1.82, 2.24) is 15.3 Å². The summed E-state index contributed by atoms with van der Waals surface area (Å²) in [6, 6.07) is 2.35.